The summed E-state index contributed by atoms with van der Waals surface area (Å²) in [6.07, 6.45) is 1.53. The Bertz CT molecular complexity index is 403. The van der Waals surface area contributed by atoms with Crippen molar-refractivity contribution in [3.05, 3.63) is 35.4 Å². The van der Waals surface area contributed by atoms with E-state index in [1.54, 1.807) is 4.90 Å². The maximum Gasteiger partial charge on any atom is 0.227 e. The second-order valence-corrected chi connectivity index (χ2v) is 5.68. The van der Waals surface area contributed by atoms with E-state index in [4.69, 9.17) is 5.73 Å². The number of hydrogen-bond donors (Lipinski definition) is 1. The average molecular weight is 299 g/mol. The molecule has 0 radical (unpaired) electrons. The van der Waals surface area contributed by atoms with Crippen LogP contribution in [-0.2, 0) is 17.6 Å². The van der Waals surface area contributed by atoms with Crippen molar-refractivity contribution in [3.8, 4) is 0 Å². The number of nitrogens with two attached hydrogens (primary N) is 1. The molecule has 0 aliphatic heterocycles. The molecule has 0 heterocycles. The highest BCUT2D eigenvalue weighted by Gasteiger charge is 2.14. The van der Waals surface area contributed by atoms with Gasteiger partial charge in [0.25, 0.3) is 0 Å². The van der Waals surface area contributed by atoms with Crippen LogP contribution in [0, 0.1) is 5.92 Å². The van der Waals surface area contributed by atoms with Crippen LogP contribution < -0.4 is 5.73 Å². The van der Waals surface area contributed by atoms with E-state index in [9.17, 15) is 4.79 Å². The number of hydrogen-bond acceptors (Lipinski definition) is 2. The molecule has 0 saturated carbocycles. The van der Waals surface area contributed by atoms with Crippen molar-refractivity contribution < 1.29 is 4.79 Å². The zero-order chi connectivity index (χ0) is 14.4. The Morgan fingerprint density at radius 1 is 1.15 bits per heavy atom. The molecule has 0 spiro atoms. The van der Waals surface area contributed by atoms with Gasteiger partial charge in [0.1, 0.15) is 0 Å². The second kappa shape index (κ2) is 8.98. The molecular formula is C16H27ClN2O. The van der Waals surface area contributed by atoms with Gasteiger partial charge in [-0.2, -0.15) is 0 Å². The number of likely N-dealkylation sites (N-methyl/N-ethyl adjacent to an activating group) is 1. The highest BCUT2D eigenvalue weighted by Crippen LogP contribution is 2.11. The van der Waals surface area contributed by atoms with Crippen LogP contribution in [0.4, 0.5) is 0 Å². The second-order valence-electron chi connectivity index (χ2n) is 5.68. The molecule has 1 amide bonds. The first-order chi connectivity index (χ1) is 8.93. The molecule has 1 atom stereocenters. The summed E-state index contributed by atoms with van der Waals surface area (Å²) >= 11 is 0. The van der Waals surface area contributed by atoms with Gasteiger partial charge in [-0.05, 0) is 30.4 Å². The van der Waals surface area contributed by atoms with Crippen LogP contribution in [-0.4, -0.2) is 30.4 Å². The number of halogens is 1. The lowest BCUT2D eigenvalue weighted by molar-refractivity contribution is -0.130. The SMILES string of the molecule is CC(C)Cc1ccc(CC(=O)N(C)C(C)CN)cc1.Cl. The molecule has 20 heavy (non-hydrogen) atoms. The van der Waals surface area contributed by atoms with Gasteiger partial charge in [0.15, 0.2) is 0 Å². The van der Waals surface area contributed by atoms with E-state index in [1.165, 1.54) is 5.56 Å². The van der Waals surface area contributed by atoms with E-state index in [0.717, 1.165) is 12.0 Å². The van der Waals surface area contributed by atoms with Crippen molar-refractivity contribution in [1.29, 1.82) is 0 Å². The molecular weight excluding hydrogens is 272 g/mol. The van der Waals surface area contributed by atoms with Crippen molar-refractivity contribution in [1.82, 2.24) is 4.90 Å². The minimum atomic E-state index is 0. The molecule has 0 aromatic heterocycles. The van der Waals surface area contributed by atoms with Crippen LogP contribution in [0.25, 0.3) is 0 Å². The smallest absolute Gasteiger partial charge is 0.227 e. The van der Waals surface area contributed by atoms with Gasteiger partial charge < -0.3 is 10.6 Å². The average Bonchev–Trinajstić information content (AvgIpc) is 2.38. The summed E-state index contributed by atoms with van der Waals surface area (Å²) in [5.74, 6) is 0.776. The van der Waals surface area contributed by atoms with Gasteiger partial charge in [0.2, 0.25) is 5.91 Å². The van der Waals surface area contributed by atoms with E-state index in [1.807, 2.05) is 14.0 Å². The molecule has 3 nitrogen and oxygen atoms in total. The zero-order valence-corrected chi connectivity index (χ0v) is 13.7. The van der Waals surface area contributed by atoms with Crippen LogP contribution in [0.1, 0.15) is 31.9 Å². The normalized spacial score (nSPS) is 11.9. The first kappa shape index (κ1) is 18.9. The fourth-order valence-corrected chi connectivity index (χ4v) is 1.97. The lowest BCUT2D eigenvalue weighted by Crippen LogP contribution is -2.40. The Morgan fingerprint density at radius 3 is 2.10 bits per heavy atom. The molecule has 1 aromatic rings. The standard InChI is InChI=1S/C16H26N2O.ClH/c1-12(2)9-14-5-7-15(8-6-14)10-16(19)18(4)13(3)11-17;/h5-8,12-13H,9-11,17H2,1-4H3;1H. The minimum Gasteiger partial charge on any atom is -0.341 e. The Kier molecular flexibility index (Phi) is 8.51. The number of benzene rings is 1. The van der Waals surface area contributed by atoms with E-state index < -0.39 is 0 Å². The molecule has 0 aliphatic carbocycles. The Labute approximate surface area is 128 Å². The van der Waals surface area contributed by atoms with Crippen molar-refractivity contribution in [3.63, 3.8) is 0 Å². The number of carbonyl (C=O) groups is 1. The predicted molar refractivity (Wildman–Crippen MR) is 87.2 cm³/mol. The van der Waals surface area contributed by atoms with Crippen molar-refractivity contribution in [2.24, 2.45) is 11.7 Å². The number of amides is 1. The Balaban J connectivity index is 0.00000361. The fraction of sp³-hybridized carbons (Fsp3) is 0.562. The predicted octanol–water partition coefficient (Wildman–Crippen LogP) is 2.66. The van der Waals surface area contributed by atoms with E-state index in [2.05, 4.69) is 38.1 Å². The van der Waals surface area contributed by atoms with Gasteiger partial charge in [-0.1, -0.05) is 38.1 Å². The van der Waals surface area contributed by atoms with Crippen LogP contribution in [0.5, 0.6) is 0 Å². The van der Waals surface area contributed by atoms with Gasteiger partial charge in [0, 0.05) is 19.6 Å². The van der Waals surface area contributed by atoms with Gasteiger partial charge in [0.05, 0.1) is 6.42 Å². The first-order valence-corrected chi connectivity index (χ1v) is 6.97. The van der Waals surface area contributed by atoms with Crippen molar-refractivity contribution in [2.45, 2.75) is 39.7 Å². The molecule has 1 aromatic carbocycles. The molecule has 2 N–H and O–H groups in total. The topological polar surface area (TPSA) is 46.3 Å². The fourth-order valence-electron chi connectivity index (χ4n) is 1.97. The monoisotopic (exact) mass is 298 g/mol. The van der Waals surface area contributed by atoms with Crippen LogP contribution in [0.3, 0.4) is 0 Å². The molecule has 1 unspecified atom stereocenters. The van der Waals surface area contributed by atoms with Crippen molar-refractivity contribution >= 4 is 18.3 Å². The Morgan fingerprint density at radius 2 is 1.65 bits per heavy atom. The molecule has 0 fully saturated rings. The summed E-state index contributed by atoms with van der Waals surface area (Å²) in [6, 6.07) is 8.43. The van der Waals surface area contributed by atoms with Crippen molar-refractivity contribution in [2.75, 3.05) is 13.6 Å². The Hall–Kier alpha value is -1.06. The van der Waals surface area contributed by atoms with E-state index >= 15 is 0 Å². The maximum absolute atomic E-state index is 12.0. The summed E-state index contributed by atoms with van der Waals surface area (Å²) in [6.45, 7) is 6.88. The molecule has 0 bridgehead atoms. The van der Waals surface area contributed by atoms with Crippen LogP contribution in [0.15, 0.2) is 24.3 Å². The summed E-state index contributed by atoms with van der Waals surface area (Å²) in [4.78, 5) is 13.8. The number of carbonyl (C=O) groups excluding carboxylic acids is 1. The third kappa shape index (κ3) is 5.93. The summed E-state index contributed by atoms with van der Waals surface area (Å²) < 4.78 is 0. The maximum atomic E-state index is 12.0. The van der Waals surface area contributed by atoms with E-state index in [-0.39, 0.29) is 24.4 Å². The molecule has 4 heteroatoms. The number of rotatable bonds is 6. The molecule has 0 aliphatic rings. The molecule has 0 saturated heterocycles. The highest BCUT2D eigenvalue weighted by atomic mass is 35.5. The minimum absolute atomic E-state index is 0. The van der Waals surface area contributed by atoms with E-state index in [0.29, 0.717) is 18.9 Å². The third-order valence-electron chi connectivity index (χ3n) is 3.42. The summed E-state index contributed by atoms with van der Waals surface area (Å²) in [7, 11) is 1.81. The van der Waals surface area contributed by atoms with Crippen LogP contribution in [0.2, 0.25) is 0 Å². The largest absolute Gasteiger partial charge is 0.341 e. The zero-order valence-electron chi connectivity index (χ0n) is 12.9. The highest BCUT2D eigenvalue weighted by molar-refractivity contribution is 5.85. The lowest BCUT2D eigenvalue weighted by atomic mass is 10.0. The molecule has 1 rings (SSSR count). The first-order valence-electron chi connectivity index (χ1n) is 6.97. The molecule has 114 valence electrons. The van der Waals surface area contributed by atoms with Gasteiger partial charge >= 0.3 is 0 Å². The number of nitrogens with zero attached hydrogens (tertiary/aromatic N) is 1. The summed E-state index contributed by atoms with van der Waals surface area (Å²) in [5, 5.41) is 0. The summed E-state index contributed by atoms with van der Waals surface area (Å²) in [5.41, 5.74) is 7.97. The quantitative estimate of drug-likeness (QED) is 0.877. The van der Waals surface area contributed by atoms with Crippen LogP contribution >= 0.6 is 12.4 Å². The lowest BCUT2D eigenvalue weighted by Gasteiger charge is -2.23. The van der Waals surface area contributed by atoms with Gasteiger partial charge in [-0.3, -0.25) is 4.79 Å². The third-order valence-corrected chi connectivity index (χ3v) is 3.42. The van der Waals surface area contributed by atoms with Gasteiger partial charge in [-0.15, -0.1) is 12.4 Å². The van der Waals surface area contributed by atoms with Gasteiger partial charge in [-0.25, -0.2) is 0 Å².